The average molecular weight is 341 g/mol. The largest absolute Gasteiger partial charge is 0.593 e. The molecule has 1 unspecified atom stereocenters. The summed E-state index contributed by atoms with van der Waals surface area (Å²) in [5, 5.41) is 5.22. The van der Waals surface area contributed by atoms with Crippen molar-refractivity contribution in [1.29, 1.82) is 0 Å². The smallest absolute Gasteiger partial charge is 0.255 e. The molecule has 3 N–H and O–H groups in total. The predicted octanol–water partition coefficient (Wildman–Crippen LogP) is 2.35. The molecule has 2 aromatic carbocycles. The lowest BCUT2D eigenvalue weighted by Gasteiger charge is -2.21. The molecular weight excluding hydrogens is 331 g/mol. The maximum absolute atomic E-state index is 13.1. The Balaban J connectivity index is 1.85. The highest BCUT2D eigenvalue weighted by molar-refractivity contribution is 7.89. The lowest BCUT2D eigenvalue weighted by Crippen LogP contribution is -2.34. The van der Waals surface area contributed by atoms with Crippen molar-refractivity contribution in [1.82, 2.24) is 4.72 Å². The van der Waals surface area contributed by atoms with Crippen molar-refractivity contribution >= 4 is 28.6 Å². The third-order valence-electron chi connectivity index (χ3n) is 3.17. The summed E-state index contributed by atoms with van der Waals surface area (Å²) in [4.78, 5) is 12.5. The molecule has 0 aromatic heterocycles. The van der Waals surface area contributed by atoms with E-state index >= 15 is 0 Å². The van der Waals surface area contributed by atoms with Gasteiger partial charge in [-0.15, -0.1) is 4.72 Å². The Morgan fingerprint density at radius 3 is 2.57 bits per heavy atom. The van der Waals surface area contributed by atoms with Crippen molar-refractivity contribution in [2.24, 2.45) is 0 Å². The molecule has 0 radical (unpaired) electrons. The van der Waals surface area contributed by atoms with Gasteiger partial charge in [0.05, 0.1) is 17.0 Å². The van der Waals surface area contributed by atoms with Gasteiger partial charge in [0.25, 0.3) is 5.91 Å². The monoisotopic (exact) mass is 341 g/mol. The zero-order valence-electron chi connectivity index (χ0n) is 11.5. The van der Waals surface area contributed by atoms with Gasteiger partial charge >= 0.3 is 0 Å². The number of anilines is 2. The van der Waals surface area contributed by atoms with E-state index in [0.29, 0.717) is 29.4 Å². The van der Waals surface area contributed by atoms with Crippen molar-refractivity contribution < 1.29 is 22.5 Å². The van der Waals surface area contributed by atoms with Crippen LogP contribution in [0.5, 0.6) is 0 Å². The third kappa shape index (κ3) is 3.11. The first-order chi connectivity index (χ1) is 11.0. The summed E-state index contributed by atoms with van der Waals surface area (Å²) in [5.74, 6) is -5.08. The van der Waals surface area contributed by atoms with Crippen LogP contribution in [0.3, 0.4) is 0 Å². The number of hydrogen-bond acceptors (Lipinski definition) is 4. The van der Waals surface area contributed by atoms with Crippen molar-refractivity contribution in [2.75, 3.05) is 17.3 Å². The molecule has 1 amide bonds. The van der Waals surface area contributed by atoms with E-state index in [1.54, 1.807) is 6.07 Å². The average Bonchev–Trinajstić information content (AvgIpc) is 2.52. The Morgan fingerprint density at radius 2 is 1.87 bits per heavy atom. The van der Waals surface area contributed by atoms with Crippen molar-refractivity contribution in [2.45, 2.75) is 4.90 Å². The first kappa shape index (κ1) is 15.7. The second-order valence-electron chi connectivity index (χ2n) is 4.69. The van der Waals surface area contributed by atoms with Crippen LogP contribution in [0.25, 0.3) is 0 Å². The molecule has 23 heavy (non-hydrogen) atoms. The van der Waals surface area contributed by atoms with Crippen LogP contribution in [0.4, 0.5) is 24.5 Å². The zero-order chi connectivity index (χ0) is 16.6. The fraction of sp³-hybridized carbons (Fsp3) is 0.0714. The van der Waals surface area contributed by atoms with Gasteiger partial charge in [-0.05, 0) is 12.1 Å². The van der Waals surface area contributed by atoms with Gasteiger partial charge in [-0.3, -0.25) is 4.79 Å². The highest BCUT2D eigenvalue weighted by atomic mass is 32.2. The molecule has 0 saturated carbocycles. The Morgan fingerprint density at radius 1 is 1.17 bits per heavy atom. The van der Waals surface area contributed by atoms with E-state index in [-0.39, 0.29) is 11.3 Å². The van der Waals surface area contributed by atoms with Crippen molar-refractivity contribution in [3.8, 4) is 0 Å². The number of hydrogen-bond donors (Lipinski definition) is 3. The van der Waals surface area contributed by atoms with E-state index in [9.17, 15) is 22.5 Å². The lowest BCUT2D eigenvalue weighted by molar-refractivity contribution is 0.102. The first-order valence-electron chi connectivity index (χ1n) is 6.45. The third-order valence-corrected chi connectivity index (χ3v) is 4.31. The van der Waals surface area contributed by atoms with Gasteiger partial charge in [-0.2, -0.15) is 0 Å². The molecule has 3 rings (SSSR count). The molecule has 1 aliphatic rings. The van der Waals surface area contributed by atoms with E-state index in [1.165, 1.54) is 12.1 Å². The fourth-order valence-corrected chi connectivity index (χ4v) is 3.00. The quantitative estimate of drug-likeness (QED) is 0.579. The van der Waals surface area contributed by atoms with Crippen LogP contribution in [0, 0.1) is 17.5 Å². The molecule has 0 fully saturated rings. The number of nitrogens with one attached hydrogen (secondary N) is 3. The minimum absolute atomic E-state index is 0.146. The topological polar surface area (TPSA) is 76.2 Å². The van der Waals surface area contributed by atoms with Crippen LogP contribution in [0.1, 0.15) is 10.4 Å². The summed E-state index contributed by atoms with van der Waals surface area (Å²) in [6.07, 6.45) is 0. The molecule has 0 bridgehead atoms. The number of halogens is 3. The molecular formula is C14H10F3N3O2S. The number of carbonyl (C=O) groups excluding carboxylic acids is 1. The van der Waals surface area contributed by atoms with Gasteiger partial charge in [-0.25, -0.2) is 13.2 Å². The minimum atomic E-state index is -1.61. The van der Waals surface area contributed by atoms with Crippen LogP contribution in [0.2, 0.25) is 0 Å². The summed E-state index contributed by atoms with van der Waals surface area (Å²) in [6.45, 7) is 0.333. The summed E-state index contributed by atoms with van der Waals surface area (Å²) >= 11 is -1.46. The molecule has 1 heterocycles. The Kier molecular flexibility index (Phi) is 4.16. The second-order valence-corrected chi connectivity index (χ2v) is 5.95. The number of benzene rings is 2. The normalized spacial score (nSPS) is 16.4. The standard InChI is InChI=1S/C14H10F3N3O2S/c15-9-4-8(5-10(16)13(9)17)20-14(21)7-1-2-11-12(3-7)23(22)19-6-18-11/h1-5,18-19H,6H2,(H,20,21). The molecule has 1 aliphatic heterocycles. The van der Waals surface area contributed by atoms with Crippen LogP contribution in [-0.4, -0.2) is 17.1 Å². The summed E-state index contributed by atoms with van der Waals surface area (Å²) in [5.41, 5.74) is 0.548. The number of carbonyl (C=O) groups is 1. The van der Waals surface area contributed by atoms with E-state index in [4.69, 9.17) is 0 Å². The predicted molar refractivity (Wildman–Crippen MR) is 78.7 cm³/mol. The highest BCUT2D eigenvalue weighted by Gasteiger charge is 2.23. The van der Waals surface area contributed by atoms with Crippen molar-refractivity contribution in [3.63, 3.8) is 0 Å². The van der Waals surface area contributed by atoms with E-state index in [2.05, 4.69) is 15.4 Å². The first-order valence-corrected chi connectivity index (χ1v) is 7.60. The van der Waals surface area contributed by atoms with E-state index < -0.39 is 34.7 Å². The molecule has 5 nitrogen and oxygen atoms in total. The van der Waals surface area contributed by atoms with Crippen LogP contribution in [-0.2, 0) is 11.4 Å². The van der Waals surface area contributed by atoms with Gasteiger partial charge in [0.15, 0.2) is 22.3 Å². The van der Waals surface area contributed by atoms with Crippen LogP contribution >= 0.6 is 0 Å². The van der Waals surface area contributed by atoms with Crippen molar-refractivity contribution in [3.05, 3.63) is 53.3 Å². The van der Waals surface area contributed by atoms with Crippen LogP contribution in [0.15, 0.2) is 35.2 Å². The summed E-state index contributed by atoms with van der Waals surface area (Å²) < 4.78 is 53.7. The Bertz CT molecular complexity index is 765. The summed E-state index contributed by atoms with van der Waals surface area (Å²) in [6, 6.07) is 5.80. The molecule has 9 heteroatoms. The van der Waals surface area contributed by atoms with Crippen LogP contribution < -0.4 is 15.4 Å². The molecule has 0 saturated heterocycles. The molecule has 1 atom stereocenters. The summed E-state index contributed by atoms with van der Waals surface area (Å²) in [7, 11) is 0. The number of fused-ring (bicyclic) bond motifs is 1. The zero-order valence-corrected chi connectivity index (χ0v) is 12.3. The van der Waals surface area contributed by atoms with Gasteiger partial charge in [0, 0.05) is 29.4 Å². The molecule has 0 aliphatic carbocycles. The minimum Gasteiger partial charge on any atom is -0.593 e. The number of amides is 1. The Labute approximate surface area is 132 Å². The molecule has 0 spiro atoms. The molecule has 120 valence electrons. The molecule has 2 aromatic rings. The SMILES string of the molecule is O=C(Nc1cc(F)c(F)c(F)c1)c1ccc2c(c1)[S+]([O-])NCN2. The maximum Gasteiger partial charge on any atom is 0.255 e. The maximum atomic E-state index is 13.1. The van der Waals surface area contributed by atoms with E-state index in [0.717, 1.165) is 0 Å². The van der Waals surface area contributed by atoms with E-state index in [1.807, 2.05) is 0 Å². The fourth-order valence-electron chi connectivity index (χ4n) is 2.07. The lowest BCUT2D eigenvalue weighted by atomic mass is 10.2. The van der Waals surface area contributed by atoms with Gasteiger partial charge in [0.1, 0.15) is 6.67 Å². The second kappa shape index (κ2) is 6.11. The number of rotatable bonds is 2. The Hall–Kier alpha value is -2.23. The van der Waals surface area contributed by atoms with Gasteiger partial charge in [-0.1, -0.05) is 0 Å². The van der Waals surface area contributed by atoms with Gasteiger partial charge in [0.2, 0.25) is 0 Å². The highest BCUT2D eigenvalue weighted by Crippen LogP contribution is 2.26. The van der Waals surface area contributed by atoms with Gasteiger partial charge < -0.3 is 15.2 Å².